The lowest BCUT2D eigenvalue weighted by Gasteiger charge is -2.35. The molecule has 120 valence electrons. The second-order valence-electron chi connectivity index (χ2n) is 5.84. The second-order valence-corrected chi connectivity index (χ2v) is 5.84. The number of hydrogen-bond donors (Lipinski definition) is 1. The van der Waals surface area contributed by atoms with Crippen LogP contribution in [0.2, 0.25) is 0 Å². The molecule has 1 N–H and O–H groups in total. The number of aliphatic carboxylic acids is 1. The van der Waals surface area contributed by atoms with E-state index in [0.717, 1.165) is 24.8 Å². The fourth-order valence-corrected chi connectivity index (χ4v) is 3.12. The number of benzene rings is 1. The number of aromatic nitrogens is 2. The van der Waals surface area contributed by atoms with E-state index in [-0.39, 0.29) is 18.4 Å². The van der Waals surface area contributed by atoms with Gasteiger partial charge in [0.25, 0.3) is 5.91 Å². The number of amides is 1. The van der Waals surface area contributed by atoms with Gasteiger partial charge in [-0.05, 0) is 43.9 Å². The Hall–Kier alpha value is -2.50. The van der Waals surface area contributed by atoms with Crippen LogP contribution in [0.15, 0.2) is 30.6 Å². The minimum absolute atomic E-state index is 0.00454. The van der Waals surface area contributed by atoms with Crippen LogP contribution in [0, 0.1) is 0 Å². The Bertz CT molecular complexity index is 732. The minimum atomic E-state index is -0.816. The topological polar surface area (TPSA) is 83.4 Å². The van der Waals surface area contributed by atoms with Gasteiger partial charge in [-0.1, -0.05) is 0 Å². The highest BCUT2D eigenvalue weighted by molar-refractivity contribution is 5.97. The van der Waals surface area contributed by atoms with E-state index < -0.39 is 5.97 Å². The van der Waals surface area contributed by atoms with Gasteiger partial charge >= 0.3 is 5.97 Å². The summed E-state index contributed by atoms with van der Waals surface area (Å²) in [5, 5.41) is 8.89. The van der Waals surface area contributed by atoms with Crippen molar-refractivity contribution in [2.45, 2.75) is 38.1 Å². The lowest BCUT2D eigenvalue weighted by atomic mass is 9.97. The van der Waals surface area contributed by atoms with Crippen LogP contribution >= 0.6 is 0 Å². The molecule has 1 saturated heterocycles. The van der Waals surface area contributed by atoms with E-state index in [1.807, 2.05) is 4.90 Å². The average molecular weight is 313 g/mol. The number of rotatable bonds is 4. The first-order valence-electron chi connectivity index (χ1n) is 7.88. The Balaban J connectivity index is 1.81. The van der Waals surface area contributed by atoms with Gasteiger partial charge in [-0.3, -0.25) is 19.6 Å². The fraction of sp³-hybridized carbons (Fsp3) is 0.412. The van der Waals surface area contributed by atoms with Crippen molar-refractivity contribution in [3.05, 3.63) is 36.2 Å². The van der Waals surface area contributed by atoms with Crippen LogP contribution in [0.1, 0.15) is 42.5 Å². The first-order valence-corrected chi connectivity index (χ1v) is 7.88. The molecule has 2 aromatic rings. The summed E-state index contributed by atoms with van der Waals surface area (Å²) in [7, 11) is 0. The van der Waals surface area contributed by atoms with E-state index in [9.17, 15) is 9.59 Å². The molecular formula is C17H19N3O3. The van der Waals surface area contributed by atoms with E-state index >= 15 is 0 Å². The number of fused-ring (bicyclic) bond motifs is 1. The molecule has 23 heavy (non-hydrogen) atoms. The van der Waals surface area contributed by atoms with Crippen molar-refractivity contribution in [2.24, 2.45) is 0 Å². The third kappa shape index (κ3) is 3.47. The molecule has 1 aromatic carbocycles. The van der Waals surface area contributed by atoms with Crippen molar-refractivity contribution in [1.29, 1.82) is 0 Å². The SMILES string of the molecule is O=C(O)CCC1CCCCN1C(=O)c1ccc2nccnc2c1. The molecule has 1 aromatic heterocycles. The molecule has 0 aliphatic carbocycles. The number of carboxylic acids is 1. The largest absolute Gasteiger partial charge is 0.481 e. The van der Waals surface area contributed by atoms with Gasteiger partial charge in [-0.25, -0.2) is 0 Å². The standard InChI is InChI=1S/C17H19N3O3/c21-16(22)7-5-13-3-1-2-10-20(13)17(23)12-4-6-14-15(11-12)19-9-8-18-14/h4,6,8-9,11,13H,1-3,5,7,10H2,(H,21,22). The normalized spacial score (nSPS) is 18.1. The lowest BCUT2D eigenvalue weighted by molar-refractivity contribution is -0.137. The maximum Gasteiger partial charge on any atom is 0.303 e. The molecule has 0 saturated carbocycles. The maximum absolute atomic E-state index is 12.8. The molecular weight excluding hydrogens is 294 g/mol. The van der Waals surface area contributed by atoms with Crippen molar-refractivity contribution < 1.29 is 14.7 Å². The first-order chi connectivity index (χ1) is 11.1. The highest BCUT2D eigenvalue weighted by Crippen LogP contribution is 2.24. The van der Waals surface area contributed by atoms with Crippen LogP contribution in [0.3, 0.4) is 0 Å². The Labute approximate surface area is 134 Å². The van der Waals surface area contributed by atoms with Crippen LogP contribution in [0.25, 0.3) is 11.0 Å². The summed E-state index contributed by atoms with van der Waals surface area (Å²) >= 11 is 0. The summed E-state index contributed by atoms with van der Waals surface area (Å²) < 4.78 is 0. The summed E-state index contributed by atoms with van der Waals surface area (Å²) in [5.41, 5.74) is 2.03. The predicted octanol–water partition coefficient (Wildman–Crippen LogP) is 2.49. The summed E-state index contributed by atoms with van der Waals surface area (Å²) in [6.07, 6.45) is 6.70. The average Bonchev–Trinajstić information content (AvgIpc) is 2.59. The van der Waals surface area contributed by atoms with Gasteiger partial charge in [0.05, 0.1) is 11.0 Å². The molecule has 1 atom stereocenters. The van der Waals surface area contributed by atoms with E-state index in [0.29, 0.717) is 24.0 Å². The molecule has 2 heterocycles. The Morgan fingerprint density at radius 2 is 1.96 bits per heavy atom. The highest BCUT2D eigenvalue weighted by Gasteiger charge is 2.27. The summed E-state index contributed by atoms with van der Waals surface area (Å²) in [5.74, 6) is -0.864. The Morgan fingerprint density at radius 3 is 2.74 bits per heavy atom. The molecule has 0 bridgehead atoms. The second kappa shape index (κ2) is 6.73. The molecule has 1 unspecified atom stereocenters. The van der Waals surface area contributed by atoms with E-state index in [1.165, 1.54) is 0 Å². The van der Waals surface area contributed by atoms with Gasteiger partial charge in [0.1, 0.15) is 0 Å². The molecule has 3 rings (SSSR count). The number of hydrogen-bond acceptors (Lipinski definition) is 4. The monoisotopic (exact) mass is 313 g/mol. The molecule has 0 radical (unpaired) electrons. The molecule has 0 spiro atoms. The van der Waals surface area contributed by atoms with Crippen molar-refractivity contribution in [1.82, 2.24) is 14.9 Å². The number of nitrogens with zero attached hydrogens (tertiary/aromatic N) is 3. The van der Waals surface area contributed by atoms with Crippen LogP contribution in [-0.2, 0) is 4.79 Å². The van der Waals surface area contributed by atoms with E-state index in [1.54, 1.807) is 30.6 Å². The quantitative estimate of drug-likeness (QED) is 0.937. The smallest absolute Gasteiger partial charge is 0.303 e. The molecule has 1 amide bonds. The minimum Gasteiger partial charge on any atom is -0.481 e. The zero-order valence-corrected chi connectivity index (χ0v) is 12.8. The zero-order valence-electron chi connectivity index (χ0n) is 12.8. The maximum atomic E-state index is 12.8. The third-order valence-electron chi connectivity index (χ3n) is 4.30. The van der Waals surface area contributed by atoms with Crippen molar-refractivity contribution in [3.63, 3.8) is 0 Å². The van der Waals surface area contributed by atoms with E-state index in [2.05, 4.69) is 9.97 Å². The van der Waals surface area contributed by atoms with Crippen molar-refractivity contribution in [3.8, 4) is 0 Å². The number of carboxylic acid groups (broad SMARTS) is 1. The van der Waals surface area contributed by atoms with Crippen LogP contribution < -0.4 is 0 Å². The van der Waals surface area contributed by atoms with Crippen LogP contribution in [-0.4, -0.2) is 44.4 Å². The van der Waals surface area contributed by atoms with Crippen molar-refractivity contribution in [2.75, 3.05) is 6.54 Å². The number of carbonyl (C=O) groups is 2. The number of piperidine rings is 1. The van der Waals surface area contributed by atoms with Gasteiger partial charge in [0.2, 0.25) is 0 Å². The number of likely N-dealkylation sites (tertiary alicyclic amines) is 1. The fourth-order valence-electron chi connectivity index (χ4n) is 3.12. The summed E-state index contributed by atoms with van der Waals surface area (Å²) in [6.45, 7) is 0.682. The summed E-state index contributed by atoms with van der Waals surface area (Å²) in [6, 6.07) is 5.33. The van der Waals surface area contributed by atoms with Gasteiger partial charge in [0.15, 0.2) is 0 Å². The number of carbonyl (C=O) groups excluding carboxylic acids is 1. The van der Waals surface area contributed by atoms with Gasteiger partial charge in [-0.2, -0.15) is 0 Å². The summed E-state index contributed by atoms with van der Waals surface area (Å²) in [4.78, 5) is 33.9. The molecule has 6 nitrogen and oxygen atoms in total. The predicted molar refractivity (Wildman–Crippen MR) is 85.1 cm³/mol. The lowest BCUT2D eigenvalue weighted by Crippen LogP contribution is -2.44. The van der Waals surface area contributed by atoms with Crippen LogP contribution in [0.4, 0.5) is 0 Å². The molecule has 1 aliphatic rings. The van der Waals surface area contributed by atoms with Crippen LogP contribution in [0.5, 0.6) is 0 Å². The third-order valence-corrected chi connectivity index (χ3v) is 4.30. The van der Waals surface area contributed by atoms with Gasteiger partial charge in [-0.15, -0.1) is 0 Å². The van der Waals surface area contributed by atoms with Gasteiger partial charge in [0, 0.05) is 37.0 Å². The Kier molecular flexibility index (Phi) is 4.50. The highest BCUT2D eigenvalue weighted by atomic mass is 16.4. The molecule has 1 fully saturated rings. The molecule has 1 aliphatic heterocycles. The Morgan fingerprint density at radius 1 is 1.17 bits per heavy atom. The zero-order chi connectivity index (χ0) is 16.2. The van der Waals surface area contributed by atoms with Gasteiger partial charge < -0.3 is 10.0 Å². The van der Waals surface area contributed by atoms with Crippen molar-refractivity contribution >= 4 is 22.9 Å². The van der Waals surface area contributed by atoms with E-state index in [4.69, 9.17) is 5.11 Å². The molecule has 6 heteroatoms. The first kappa shape index (κ1) is 15.4.